The van der Waals surface area contributed by atoms with E-state index >= 15 is 0 Å². The molecule has 148 valence electrons. The number of hydrogen-bond donors (Lipinski definition) is 0. The zero-order valence-electron chi connectivity index (χ0n) is 17.1. The van der Waals surface area contributed by atoms with Crippen molar-refractivity contribution >= 4 is 34.1 Å². The third-order valence-electron chi connectivity index (χ3n) is 6.11. The first kappa shape index (κ1) is 18.4. The van der Waals surface area contributed by atoms with E-state index in [0.29, 0.717) is 13.2 Å². The van der Waals surface area contributed by atoms with Crippen LogP contribution in [-0.2, 0) is 9.31 Å². The van der Waals surface area contributed by atoms with Crippen molar-refractivity contribution in [2.45, 2.75) is 0 Å². The van der Waals surface area contributed by atoms with Gasteiger partial charge in [-0.05, 0) is 49.3 Å². The number of hydrogen-bond acceptors (Lipinski definition) is 2. The molecule has 1 fully saturated rings. The molecule has 1 aliphatic rings. The summed E-state index contributed by atoms with van der Waals surface area (Å²) >= 11 is 0. The lowest BCUT2D eigenvalue weighted by molar-refractivity contribution is 0.365. The highest BCUT2D eigenvalue weighted by atomic mass is 16.6. The average Bonchev–Trinajstić information content (AvgIpc) is 3.37. The highest BCUT2D eigenvalue weighted by Crippen LogP contribution is 2.40. The van der Waals surface area contributed by atoms with Crippen molar-refractivity contribution in [1.82, 2.24) is 0 Å². The Bertz CT molecular complexity index is 1330. The molecule has 5 aromatic rings. The predicted octanol–water partition coefficient (Wildman–Crippen LogP) is 6.07. The summed E-state index contributed by atoms with van der Waals surface area (Å²) in [4.78, 5) is 0. The third-order valence-corrected chi connectivity index (χ3v) is 6.11. The maximum atomic E-state index is 5.97. The molecule has 0 unspecified atom stereocenters. The van der Waals surface area contributed by atoms with Gasteiger partial charge in [-0.2, -0.15) is 0 Å². The molecular weight excluding hydrogens is 379 g/mol. The van der Waals surface area contributed by atoms with Gasteiger partial charge in [0.1, 0.15) is 0 Å². The molecule has 0 aromatic heterocycles. The summed E-state index contributed by atoms with van der Waals surface area (Å²) in [5, 5.41) is 4.81. The molecule has 1 heterocycles. The van der Waals surface area contributed by atoms with E-state index in [4.69, 9.17) is 9.31 Å². The first-order chi connectivity index (χ1) is 15.4. The van der Waals surface area contributed by atoms with E-state index in [1.54, 1.807) is 0 Å². The highest BCUT2D eigenvalue weighted by Gasteiger charge is 2.31. The van der Waals surface area contributed by atoms with Crippen LogP contribution in [0.3, 0.4) is 0 Å². The summed E-state index contributed by atoms with van der Waals surface area (Å²) in [6.45, 7) is 1.26. The van der Waals surface area contributed by atoms with Crippen molar-refractivity contribution in [3.8, 4) is 22.3 Å². The molecule has 31 heavy (non-hydrogen) atoms. The van der Waals surface area contributed by atoms with Crippen LogP contribution in [0, 0.1) is 0 Å². The van der Waals surface area contributed by atoms with E-state index in [-0.39, 0.29) is 7.12 Å². The quantitative estimate of drug-likeness (QED) is 0.270. The molecule has 2 nitrogen and oxygen atoms in total. The number of rotatable bonds is 3. The zero-order chi connectivity index (χ0) is 20.6. The Balaban J connectivity index is 1.74. The second-order valence-electron chi connectivity index (χ2n) is 7.86. The van der Waals surface area contributed by atoms with Crippen LogP contribution in [-0.4, -0.2) is 20.3 Å². The van der Waals surface area contributed by atoms with Crippen molar-refractivity contribution in [3.05, 3.63) is 103 Å². The van der Waals surface area contributed by atoms with E-state index in [2.05, 4.69) is 103 Å². The molecule has 0 amide bonds. The number of benzene rings is 5. The van der Waals surface area contributed by atoms with Gasteiger partial charge in [0.2, 0.25) is 0 Å². The van der Waals surface area contributed by atoms with Gasteiger partial charge in [0.15, 0.2) is 0 Å². The zero-order valence-corrected chi connectivity index (χ0v) is 17.1. The topological polar surface area (TPSA) is 18.5 Å². The Morgan fingerprint density at radius 1 is 0.484 bits per heavy atom. The minimum Gasteiger partial charge on any atom is -0.405 e. The van der Waals surface area contributed by atoms with E-state index in [1.807, 2.05) is 0 Å². The highest BCUT2D eigenvalue weighted by molar-refractivity contribution is 6.68. The van der Waals surface area contributed by atoms with Crippen LogP contribution in [0.1, 0.15) is 0 Å². The van der Waals surface area contributed by atoms with Gasteiger partial charge in [0.25, 0.3) is 0 Å². The Morgan fingerprint density at radius 3 is 1.58 bits per heavy atom. The van der Waals surface area contributed by atoms with Gasteiger partial charge in [0.05, 0.1) is 13.2 Å². The standard InChI is InChI=1S/C28H21BO2/c1-2-10-20(11-3-1)21-12-4-5-13-22(21)27-23-14-6-8-16-25(23)28(29-30-18-19-31-29)26-17-9-7-15-24(26)27/h1-17H,18-19H2. The monoisotopic (exact) mass is 400 g/mol. The molecule has 0 bridgehead atoms. The van der Waals surface area contributed by atoms with Gasteiger partial charge in [0, 0.05) is 0 Å². The lowest BCUT2D eigenvalue weighted by atomic mass is 9.71. The van der Waals surface area contributed by atoms with E-state index < -0.39 is 0 Å². The fourth-order valence-electron chi connectivity index (χ4n) is 4.80. The van der Waals surface area contributed by atoms with E-state index in [9.17, 15) is 0 Å². The summed E-state index contributed by atoms with van der Waals surface area (Å²) in [7, 11) is -0.326. The van der Waals surface area contributed by atoms with Gasteiger partial charge in [-0.15, -0.1) is 0 Å². The van der Waals surface area contributed by atoms with Gasteiger partial charge < -0.3 is 9.31 Å². The lowest BCUT2D eigenvalue weighted by Gasteiger charge is -2.20. The van der Waals surface area contributed by atoms with Crippen molar-refractivity contribution in [3.63, 3.8) is 0 Å². The van der Waals surface area contributed by atoms with Gasteiger partial charge in [-0.3, -0.25) is 0 Å². The molecule has 0 aliphatic carbocycles. The molecule has 0 saturated carbocycles. The van der Waals surface area contributed by atoms with Crippen LogP contribution < -0.4 is 5.46 Å². The third kappa shape index (κ3) is 3.06. The average molecular weight is 400 g/mol. The molecule has 5 aromatic carbocycles. The SMILES string of the molecule is c1ccc(-c2ccccc2-c2c3ccccc3c(B3OCCO3)c3ccccc23)cc1. The second kappa shape index (κ2) is 7.70. The van der Waals surface area contributed by atoms with Crippen molar-refractivity contribution in [1.29, 1.82) is 0 Å². The molecule has 3 heteroatoms. The van der Waals surface area contributed by atoms with E-state index in [0.717, 1.165) is 5.46 Å². The Kier molecular flexibility index (Phi) is 4.56. The van der Waals surface area contributed by atoms with Crippen molar-refractivity contribution in [2.75, 3.05) is 13.2 Å². The minimum absolute atomic E-state index is 0.326. The summed E-state index contributed by atoms with van der Waals surface area (Å²) in [5.41, 5.74) is 6.08. The van der Waals surface area contributed by atoms with Crippen LogP contribution >= 0.6 is 0 Å². The summed E-state index contributed by atoms with van der Waals surface area (Å²) in [6, 6.07) is 36.6. The second-order valence-corrected chi connectivity index (χ2v) is 7.86. The molecule has 0 N–H and O–H groups in total. The lowest BCUT2D eigenvalue weighted by Crippen LogP contribution is -2.33. The first-order valence-corrected chi connectivity index (χ1v) is 10.7. The summed E-state index contributed by atoms with van der Waals surface area (Å²) < 4.78 is 11.9. The predicted molar refractivity (Wildman–Crippen MR) is 130 cm³/mol. The Hall–Kier alpha value is -3.40. The molecule has 0 radical (unpaired) electrons. The minimum atomic E-state index is -0.326. The Morgan fingerprint density at radius 2 is 0.968 bits per heavy atom. The van der Waals surface area contributed by atoms with Crippen molar-refractivity contribution in [2.24, 2.45) is 0 Å². The molecule has 6 rings (SSSR count). The normalized spacial score (nSPS) is 13.9. The molecule has 0 spiro atoms. The smallest absolute Gasteiger partial charge is 0.405 e. The van der Waals surface area contributed by atoms with Crippen LogP contribution in [0.25, 0.3) is 43.8 Å². The van der Waals surface area contributed by atoms with Crippen molar-refractivity contribution < 1.29 is 9.31 Å². The van der Waals surface area contributed by atoms with Gasteiger partial charge in [-0.25, -0.2) is 0 Å². The fourth-order valence-corrected chi connectivity index (χ4v) is 4.80. The maximum absolute atomic E-state index is 5.97. The van der Waals surface area contributed by atoms with E-state index in [1.165, 1.54) is 43.8 Å². The van der Waals surface area contributed by atoms with Crippen LogP contribution in [0.4, 0.5) is 0 Å². The largest absolute Gasteiger partial charge is 0.495 e. The summed E-state index contributed by atoms with van der Waals surface area (Å²) in [6.07, 6.45) is 0. The molecular formula is C28H21BO2. The molecule has 0 atom stereocenters. The van der Waals surface area contributed by atoms with Crippen LogP contribution in [0.5, 0.6) is 0 Å². The van der Waals surface area contributed by atoms with Crippen LogP contribution in [0.2, 0.25) is 0 Å². The summed E-state index contributed by atoms with van der Waals surface area (Å²) in [5.74, 6) is 0. The van der Waals surface area contributed by atoms with Crippen LogP contribution in [0.15, 0.2) is 103 Å². The molecule has 1 aliphatic heterocycles. The molecule has 1 saturated heterocycles. The number of fused-ring (bicyclic) bond motifs is 2. The maximum Gasteiger partial charge on any atom is 0.495 e. The Labute approximate surface area is 182 Å². The van der Waals surface area contributed by atoms with Gasteiger partial charge >= 0.3 is 7.12 Å². The first-order valence-electron chi connectivity index (χ1n) is 10.7. The fraction of sp³-hybridized carbons (Fsp3) is 0.0714. The van der Waals surface area contributed by atoms with Gasteiger partial charge in [-0.1, -0.05) is 103 Å².